The summed E-state index contributed by atoms with van der Waals surface area (Å²) in [5.41, 5.74) is 0.682. The first kappa shape index (κ1) is 18.0. The summed E-state index contributed by atoms with van der Waals surface area (Å²) in [6.45, 7) is 2.04. The van der Waals surface area contributed by atoms with Crippen molar-refractivity contribution >= 4 is 34.6 Å². The fourth-order valence-electron chi connectivity index (χ4n) is 2.63. The third-order valence-corrected chi connectivity index (χ3v) is 4.70. The fourth-order valence-corrected chi connectivity index (χ4v) is 3.34. The van der Waals surface area contributed by atoms with Crippen molar-refractivity contribution in [2.75, 3.05) is 7.11 Å². The number of aromatic amines is 1. The third kappa shape index (κ3) is 3.88. The minimum atomic E-state index is -1.29. The maximum absolute atomic E-state index is 11.7. The first-order valence-corrected chi connectivity index (χ1v) is 9.02. The summed E-state index contributed by atoms with van der Waals surface area (Å²) >= 11 is 0.956. The van der Waals surface area contributed by atoms with Crippen molar-refractivity contribution in [1.82, 2.24) is 15.2 Å². The highest BCUT2D eigenvalue weighted by Crippen LogP contribution is 2.33. The zero-order chi connectivity index (χ0) is 18.5. The van der Waals surface area contributed by atoms with Gasteiger partial charge in [-0.05, 0) is 41.1 Å². The molecule has 0 saturated heterocycles. The first-order chi connectivity index (χ1) is 12.6. The van der Waals surface area contributed by atoms with Crippen LogP contribution in [0.4, 0.5) is 0 Å². The second kappa shape index (κ2) is 8.05. The van der Waals surface area contributed by atoms with Crippen LogP contribution in [0.2, 0.25) is 0 Å². The number of carboxylic acid groups (broad SMARTS) is 1. The van der Waals surface area contributed by atoms with Crippen LogP contribution in [0.5, 0.6) is 5.75 Å². The number of nitrogens with one attached hydrogen (secondary N) is 1. The topological polar surface area (TPSA) is 90.9 Å². The van der Waals surface area contributed by atoms with E-state index in [1.165, 1.54) is 0 Å². The Labute approximate surface area is 155 Å². The molecule has 0 saturated carbocycles. The Morgan fingerprint density at radius 3 is 2.85 bits per heavy atom. The quantitative estimate of drug-likeness (QED) is 0.509. The molecular formula is C19H18N3O3S-. The molecule has 134 valence electrons. The van der Waals surface area contributed by atoms with Gasteiger partial charge in [0, 0.05) is 16.9 Å². The lowest BCUT2D eigenvalue weighted by atomic mass is 10.0. The summed E-state index contributed by atoms with van der Waals surface area (Å²) in [4.78, 5) is 16.0. The molecule has 2 aromatic carbocycles. The number of fused-ring (bicyclic) bond motifs is 1. The number of carbonyl (C=O) groups is 1. The number of H-pyrrole nitrogens is 1. The van der Waals surface area contributed by atoms with E-state index in [1.54, 1.807) is 13.2 Å². The number of methoxy groups -OCH3 is 1. The lowest BCUT2D eigenvalue weighted by Gasteiger charge is -2.11. The van der Waals surface area contributed by atoms with Gasteiger partial charge < -0.3 is 14.6 Å². The highest BCUT2D eigenvalue weighted by Gasteiger charge is 2.12. The van der Waals surface area contributed by atoms with E-state index in [2.05, 4.69) is 15.2 Å². The van der Waals surface area contributed by atoms with Gasteiger partial charge in [-0.1, -0.05) is 37.3 Å². The Morgan fingerprint density at radius 2 is 2.12 bits per heavy atom. The van der Waals surface area contributed by atoms with Gasteiger partial charge in [-0.15, -0.1) is 5.10 Å². The average molecular weight is 368 g/mol. The number of hydrogen-bond acceptors (Lipinski definition) is 6. The van der Waals surface area contributed by atoms with Crippen LogP contribution < -0.4 is 9.84 Å². The van der Waals surface area contributed by atoms with E-state index in [0.29, 0.717) is 16.5 Å². The number of ether oxygens (including phenoxy) is 1. The number of aromatic nitrogens is 3. The molecule has 6 nitrogen and oxygen atoms in total. The molecule has 3 aromatic rings. The molecule has 0 amide bonds. The molecule has 0 aliphatic heterocycles. The van der Waals surface area contributed by atoms with E-state index < -0.39 is 5.97 Å². The normalized spacial score (nSPS) is 11.7. The minimum Gasteiger partial charge on any atom is -0.544 e. The van der Waals surface area contributed by atoms with Crippen LogP contribution in [0, 0.1) is 0 Å². The van der Waals surface area contributed by atoms with E-state index in [4.69, 9.17) is 4.74 Å². The molecule has 1 aromatic heterocycles. The Bertz CT molecular complexity index is 966. The molecule has 1 heterocycles. The van der Waals surface area contributed by atoms with Crippen molar-refractivity contribution < 1.29 is 14.6 Å². The maximum Gasteiger partial charge on any atom is 0.213 e. The number of nitrogens with zero attached hydrogens (tertiary/aromatic N) is 2. The number of aryl methyl sites for hydroxylation is 1. The van der Waals surface area contributed by atoms with E-state index in [9.17, 15) is 9.90 Å². The number of thioether (sulfide) groups is 1. The molecule has 0 fully saturated rings. The van der Waals surface area contributed by atoms with Gasteiger partial charge in [-0.2, -0.15) is 0 Å². The predicted octanol–water partition coefficient (Wildman–Crippen LogP) is 2.80. The standard InChI is InChI=1S/C19H19N3O3S/c1-3-6-17-20-19(22-21-17)26-16(18(23)24)11-14-13-8-5-4-7-12(13)9-10-15(14)25-2/h4-5,7-11H,3,6H2,1-2H3,(H,23,24)(H,20,21,22)/p-1/b16-11-. The fraction of sp³-hybridized carbons (Fsp3) is 0.211. The summed E-state index contributed by atoms with van der Waals surface area (Å²) in [5.74, 6) is 0.0342. The molecule has 0 atom stereocenters. The van der Waals surface area contributed by atoms with Gasteiger partial charge >= 0.3 is 0 Å². The van der Waals surface area contributed by atoms with Crippen LogP contribution >= 0.6 is 11.8 Å². The van der Waals surface area contributed by atoms with E-state index in [1.807, 2.05) is 43.3 Å². The van der Waals surface area contributed by atoms with Crippen molar-refractivity contribution in [3.8, 4) is 5.75 Å². The SMILES string of the molecule is CCCc1nc(S/C(=C\c2c(OC)ccc3ccccc23)C(=O)[O-])n[nH]1. The average Bonchev–Trinajstić information content (AvgIpc) is 3.08. The largest absolute Gasteiger partial charge is 0.544 e. The number of hydrogen-bond donors (Lipinski definition) is 1. The zero-order valence-corrected chi connectivity index (χ0v) is 15.3. The van der Waals surface area contributed by atoms with Gasteiger partial charge in [-0.25, -0.2) is 4.98 Å². The van der Waals surface area contributed by atoms with Crippen LogP contribution in [0.15, 0.2) is 46.5 Å². The van der Waals surface area contributed by atoms with Crippen molar-refractivity contribution in [1.29, 1.82) is 0 Å². The van der Waals surface area contributed by atoms with Crippen molar-refractivity contribution in [2.24, 2.45) is 0 Å². The number of aliphatic carboxylic acids is 1. The Morgan fingerprint density at radius 1 is 1.31 bits per heavy atom. The van der Waals surface area contributed by atoms with Gasteiger partial charge in [0.2, 0.25) is 5.16 Å². The first-order valence-electron chi connectivity index (χ1n) is 8.20. The van der Waals surface area contributed by atoms with Gasteiger partial charge in [-0.3, -0.25) is 5.10 Å². The molecule has 0 radical (unpaired) electrons. The number of carbonyl (C=O) groups excluding carboxylic acids is 1. The van der Waals surface area contributed by atoms with Crippen LogP contribution in [-0.2, 0) is 11.2 Å². The van der Waals surface area contributed by atoms with Crippen LogP contribution in [-0.4, -0.2) is 28.3 Å². The molecule has 7 heteroatoms. The second-order valence-corrected chi connectivity index (χ2v) is 6.62. The molecule has 1 N–H and O–H groups in total. The van der Waals surface area contributed by atoms with Gasteiger partial charge in [0.1, 0.15) is 11.6 Å². The highest BCUT2D eigenvalue weighted by molar-refractivity contribution is 8.04. The smallest absolute Gasteiger partial charge is 0.213 e. The van der Waals surface area contributed by atoms with Gasteiger partial charge in [0.05, 0.1) is 13.1 Å². The molecule has 0 bridgehead atoms. The summed E-state index contributed by atoms with van der Waals surface area (Å²) in [6, 6.07) is 11.5. The summed E-state index contributed by atoms with van der Waals surface area (Å²) in [5, 5.41) is 20.8. The highest BCUT2D eigenvalue weighted by atomic mass is 32.2. The number of rotatable bonds is 7. The van der Waals surface area contributed by atoms with Crippen molar-refractivity contribution in [3.63, 3.8) is 0 Å². The Balaban J connectivity index is 2.03. The molecule has 0 aliphatic carbocycles. The van der Waals surface area contributed by atoms with E-state index >= 15 is 0 Å². The third-order valence-electron chi connectivity index (χ3n) is 3.83. The van der Waals surface area contributed by atoms with Crippen LogP contribution in [0.1, 0.15) is 24.7 Å². The van der Waals surface area contributed by atoms with Crippen molar-refractivity contribution in [3.05, 3.63) is 52.7 Å². The molecule has 0 aliphatic rings. The Kier molecular flexibility index (Phi) is 5.58. The summed E-state index contributed by atoms with van der Waals surface area (Å²) in [6.07, 6.45) is 3.24. The molecule has 0 spiro atoms. The molecule has 3 rings (SSSR count). The lowest BCUT2D eigenvalue weighted by molar-refractivity contribution is -0.297. The predicted molar refractivity (Wildman–Crippen MR) is 99.7 cm³/mol. The van der Waals surface area contributed by atoms with Crippen LogP contribution in [0.25, 0.3) is 16.8 Å². The monoisotopic (exact) mass is 368 g/mol. The lowest BCUT2D eigenvalue weighted by Crippen LogP contribution is -2.23. The van der Waals surface area contributed by atoms with E-state index in [0.717, 1.165) is 41.2 Å². The zero-order valence-electron chi connectivity index (χ0n) is 14.5. The van der Waals surface area contributed by atoms with Gasteiger partial charge in [0.25, 0.3) is 0 Å². The van der Waals surface area contributed by atoms with Crippen molar-refractivity contribution in [2.45, 2.75) is 24.9 Å². The number of carboxylic acids is 1. The summed E-state index contributed by atoms with van der Waals surface area (Å²) in [7, 11) is 1.56. The maximum atomic E-state index is 11.7. The molecule has 26 heavy (non-hydrogen) atoms. The Hall–Kier alpha value is -2.80. The van der Waals surface area contributed by atoms with Gasteiger partial charge in [0.15, 0.2) is 0 Å². The molecule has 0 unspecified atom stereocenters. The minimum absolute atomic E-state index is 0.0155. The second-order valence-electron chi connectivity index (χ2n) is 5.62. The summed E-state index contributed by atoms with van der Waals surface area (Å²) < 4.78 is 5.42. The van der Waals surface area contributed by atoms with Crippen LogP contribution in [0.3, 0.4) is 0 Å². The molecular weight excluding hydrogens is 350 g/mol. The van der Waals surface area contributed by atoms with E-state index in [-0.39, 0.29) is 4.91 Å². The number of benzene rings is 2.